The average Bonchev–Trinajstić information content (AvgIpc) is 2.15. The van der Waals surface area contributed by atoms with Crippen LogP contribution in [0.1, 0.15) is 40.0 Å². The molecule has 1 aliphatic heterocycles. The monoisotopic (exact) mass is 212 g/mol. The average molecular weight is 212 g/mol. The van der Waals surface area contributed by atoms with Gasteiger partial charge in [0.1, 0.15) is 0 Å². The Morgan fingerprint density at radius 2 is 2.20 bits per heavy atom. The maximum Gasteiger partial charge on any atom is 0.239 e. The van der Waals surface area contributed by atoms with Crippen molar-refractivity contribution in [1.29, 1.82) is 0 Å². The van der Waals surface area contributed by atoms with Crippen molar-refractivity contribution < 1.29 is 4.79 Å². The van der Waals surface area contributed by atoms with Gasteiger partial charge in [-0.15, -0.1) is 0 Å². The lowest BCUT2D eigenvalue weighted by Gasteiger charge is -2.33. The molecule has 0 aliphatic carbocycles. The van der Waals surface area contributed by atoms with Crippen molar-refractivity contribution in [3.8, 4) is 0 Å². The lowest BCUT2D eigenvalue weighted by molar-refractivity contribution is -0.134. The predicted molar refractivity (Wildman–Crippen MR) is 62.4 cm³/mol. The Kier molecular flexibility index (Phi) is 4.58. The summed E-state index contributed by atoms with van der Waals surface area (Å²) in [5, 5.41) is 0. The number of hydrogen-bond acceptors (Lipinski definition) is 2. The number of likely N-dealkylation sites (tertiary alicyclic amines) is 1. The first-order valence-electron chi connectivity index (χ1n) is 6.05. The van der Waals surface area contributed by atoms with Crippen molar-refractivity contribution in [2.75, 3.05) is 13.1 Å². The highest BCUT2D eigenvalue weighted by Gasteiger charge is 2.25. The fourth-order valence-corrected chi connectivity index (χ4v) is 2.23. The van der Waals surface area contributed by atoms with Gasteiger partial charge >= 0.3 is 0 Å². The zero-order valence-electron chi connectivity index (χ0n) is 10.2. The summed E-state index contributed by atoms with van der Waals surface area (Å²) in [4.78, 5) is 13.9. The first-order chi connectivity index (χ1) is 7.00. The molecule has 0 saturated carbocycles. The fraction of sp³-hybridized carbons (Fsp3) is 0.917. The molecular weight excluding hydrogens is 188 g/mol. The molecule has 0 bridgehead atoms. The minimum absolute atomic E-state index is 0.148. The van der Waals surface area contributed by atoms with Gasteiger partial charge < -0.3 is 10.6 Å². The molecule has 0 aromatic carbocycles. The number of nitrogens with zero attached hydrogens (tertiary/aromatic N) is 1. The summed E-state index contributed by atoms with van der Waals surface area (Å²) in [5.74, 6) is 1.27. The Morgan fingerprint density at radius 3 is 2.73 bits per heavy atom. The summed E-state index contributed by atoms with van der Waals surface area (Å²) < 4.78 is 0. The second kappa shape index (κ2) is 5.50. The SMILES string of the molecule is CC(C)C[C@H](N)C(=O)N1CCC[C@@H](C)C1. The molecule has 0 aromatic rings. The van der Waals surface area contributed by atoms with Gasteiger partial charge in [-0.05, 0) is 31.1 Å². The molecule has 3 nitrogen and oxygen atoms in total. The Labute approximate surface area is 93.0 Å². The van der Waals surface area contributed by atoms with Crippen LogP contribution in [-0.4, -0.2) is 29.9 Å². The molecule has 2 atom stereocenters. The van der Waals surface area contributed by atoms with Crippen molar-refractivity contribution >= 4 is 5.91 Å². The van der Waals surface area contributed by atoms with Gasteiger partial charge in [0.2, 0.25) is 5.91 Å². The van der Waals surface area contributed by atoms with E-state index in [2.05, 4.69) is 20.8 Å². The first kappa shape index (κ1) is 12.5. The second-order valence-electron chi connectivity index (χ2n) is 5.27. The molecule has 1 aliphatic rings. The number of nitrogens with two attached hydrogens (primary N) is 1. The largest absolute Gasteiger partial charge is 0.341 e. The van der Waals surface area contributed by atoms with Gasteiger partial charge in [-0.1, -0.05) is 20.8 Å². The summed E-state index contributed by atoms with van der Waals surface area (Å²) in [6, 6.07) is -0.296. The van der Waals surface area contributed by atoms with Crippen LogP contribution >= 0.6 is 0 Å². The van der Waals surface area contributed by atoms with Crippen LogP contribution in [-0.2, 0) is 4.79 Å². The number of rotatable bonds is 3. The smallest absolute Gasteiger partial charge is 0.239 e. The van der Waals surface area contributed by atoms with E-state index < -0.39 is 0 Å². The molecule has 1 amide bonds. The molecular formula is C12H24N2O. The van der Waals surface area contributed by atoms with E-state index in [1.54, 1.807) is 0 Å². The van der Waals surface area contributed by atoms with E-state index in [0.717, 1.165) is 25.9 Å². The van der Waals surface area contributed by atoms with Gasteiger partial charge in [0.25, 0.3) is 0 Å². The standard InChI is InChI=1S/C12H24N2O/c1-9(2)7-11(13)12(15)14-6-4-5-10(3)8-14/h9-11H,4-8,13H2,1-3H3/t10-,11+/m1/s1. The third-order valence-electron chi connectivity index (χ3n) is 3.01. The molecule has 0 radical (unpaired) electrons. The van der Waals surface area contributed by atoms with Gasteiger partial charge in [0.05, 0.1) is 6.04 Å². The molecule has 1 heterocycles. The van der Waals surface area contributed by atoms with Gasteiger partial charge in [0.15, 0.2) is 0 Å². The molecule has 3 heteroatoms. The number of piperidine rings is 1. The van der Waals surface area contributed by atoms with E-state index in [9.17, 15) is 4.79 Å². The molecule has 15 heavy (non-hydrogen) atoms. The number of carbonyl (C=O) groups is 1. The van der Waals surface area contributed by atoms with Crippen molar-refractivity contribution in [1.82, 2.24) is 4.90 Å². The van der Waals surface area contributed by atoms with Crippen molar-refractivity contribution in [3.05, 3.63) is 0 Å². The number of carbonyl (C=O) groups excluding carboxylic acids is 1. The zero-order chi connectivity index (χ0) is 11.4. The topological polar surface area (TPSA) is 46.3 Å². The number of hydrogen-bond donors (Lipinski definition) is 1. The molecule has 0 spiro atoms. The third-order valence-corrected chi connectivity index (χ3v) is 3.01. The molecule has 2 N–H and O–H groups in total. The normalized spacial score (nSPS) is 24.3. The Bertz CT molecular complexity index is 216. The van der Waals surface area contributed by atoms with Crippen molar-refractivity contribution in [2.45, 2.75) is 46.1 Å². The number of amides is 1. The van der Waals surface area contributed by atoms with Crippen LogP contribution in [0.5, 0.6) is 0 Å². The third kappa shape index (κ3) is 3.82. The summed E-state index contributed by atoms with van der Waals surface area (Å²) in [5.41, 5.74) is 5.90. The summed E-state index contributed by atoms with van der Waals surface area (Å²) in [7, 11) is 0. The van der Waals surface area contributed by atoms with Crippen LogP contribution in [0.3, 0.4) is 0 Å². The van der Waals surface area contributed by atoms with E-state index in [0.29, 0.717) is 11.8 Å². The van der Waals surface area contributed by atoms with E-state index in [4.69, 9.17) is 5.73 Å². The van der Waals surface area contributed by atoms with Crippen LogP contribution in [0.2, 0.25) is 0 Å². The highest BCUT2D eigenvalue weighted by atomic mass is 16.2. The predicted octanol–water partition coefficient (Wildman–Crippen LogP) is 1.62. The highest BCUT2D eigenvalue weighted by molar-refractivity contribution is 5.81. The molecule has 88 valence electrons. The van der Waals surface area contributed by atoms with Gasteiger partial charge in [-0.25, -0.2) is 0 Å². The summed E-state index contributed by atoms with van der Waals surface area (Å²) in [6.07, 6.45) is 3.16. The Balaban J connectivity index is 2.44. The lowest BCUT2D eigenvalue weighted by atomic mass is 9.98. The lowest BCUT2D eigenvalue weighted by Crippen LogP contribution is -2.48. The van der Waals surface area contributed by atoms with E-state index in [1.165, 1.54) is 6.42 Å². The van der Waals surface area contributed by atoms with Crippen LogP contribution in [0.25, 0.3) is 0 Å². The van der Waals surface area contributed by atoms with E-state index >= 15 is 0 Å². The molecule has 0 aromatic heterocycles. The summed E-state index contributed by atoms with van der Waals surface area (Å²) >= 11 is 0. The van der Waals surface area contributed by atoms with Crippen molar-refractivity contribution in [2.24, 2.45) is 17.6 Å². The first-order valence-corrected chi connectivity index (χ1v) is 6.05. The fourth-order valence-electron chi connectivity index (χ4n) is 2.23. The van der Waals surface area contributed by atoms with Gasteiger partial charge in [0, 0.05) is 13.1 Å². The minimum Gasteiger partial charge on any atom is -0.341 e. The molecule has 1 fully saturated rings. The maximum absolute atomic E-state index is 12.0. The molecule has 1 saturated heterocycles. The van der Waals surface area contributed by atoms with Crippen molar-refractivity contribution in [3.63, 3.8) is 0 Å². The van der Waals surface area contributed by atoms with E-state index in [1.807, 2.05) is 4.90 Å². The van der Waals surface area contributed by atoms with Crippen LogP contribution in [0.4, 0.5) is 0 Å². The molecule has 1 rings (SSSR count). The Morgan fingerprint density at radius 1 is 1.53 bits per heavy atom. The molecule has 0 unspecified atom stereocenters. The van der Waals surface area contributed by atoms with Crippen LogP contribution in [0, 0.1) is 11.8 Å². The van der Waals surface area contributed by atoms with Gasteiger partial charge in [-0.3, -0.25) is 4.79 Å². The highest BCUT2D eigenvalue weighted by Crippen LogP contribution is 2.17. The minimum atomic E-state index is -0.296. The summed E-state index contributed by atoms with van der Waals surface area (Å²) in [6.45, 7) is 8.20. The second-order valence-corrected chi connectivity index (χ2v) is 5.27. The van der Waals surface area contributed by atoms with Crippen LogP contribution < -0.4 is 5.73 Å². The maximum atomic E-state index is 12.0. The quantitative estimate of drug-likeness (QED) is 0.772. The van der Waals surface area contributed by atoms with E-state index in [-0.39, 0.29) is 11.9 Å². The Hall–Kier alpha value is -0.570. The van der Waals surface area contributed by atoms with Crippen LogP contribution in [0.15, 0.2) is 0 Å². The van der Waals surface area contributed by atoms with Gasteiger partial charge in [-0.2, -0.15) is 0 Å². The zero-order valence-corrected chi connectivity index (χ0v) is 10.2.